The predicted octanol–water partition coefficient (Wildman–Crippen LogP) is 3.34. The molecule has 1 N–H and O–H groups in total. The van der Waals surface area contributed by atoms with Crippen LogP contribution in [0, 0.1) is 11.7 Å². The average Bonchev–Trinajstić information content (AvgIpc) is 2.82. The zero-order chi connectivity index (χ0) is 25.1. The van der Waals surface area contributed by atoms with E-state index in [1.165, 1.54) is 16.7 Å². The van der Waals surface area contributed by atoms with Crippen LogP contribution in [0.5, 0.6) is 5.75 Å². The molecule has 1 saturated heterocycles. The van der Waals surface area contributed by atoms with E-state index in [-0.39, 0.29) is 35.1 Å². The summed E-state index contributed by atoms with van der Waals surface area (Å²) in [5.74, 6) is -1.23. The number of rotatable bonds is 7. The number of aromatic nitrogens is 1. The summed E-state index contributed by atoms with van der Waals surface area (Å²) in [6, 6.07) is 11.4. The number of carbonyl (C=O) groups is 2. The van der Waals surface area contributed by atoms with Gasteiger partial charge >= 0.3 is 0 Å². The van der Waals surface area contributed by atoms with Crippen molar-refractivity contribution in [3.63, 3.8) is 0 Å². The maximum Gasteiger partial charge on any atom is 0.298 e. The molecular formula is C26H29FN4O4. The van der Waals surface area contributed by atoms with Gasteiger partial charge in [0.25, 0.3) is 17.9 Å². The van der Waals surface area contributed by atoms with E-state index >= 15 is 0 Å². The van der Waals surface area contributed by atoms with Gasteiger partial charge in [-0.2, -0.15) is 0 Å². The van der Waals surface area contributed by atoms with Crippen molar-refractivity contribution in [2.75, 3.05) is 43.4 Å². The second kappa shape index (κ2) is 10.3. The van der Waals surface area contributed by atoms with Gasteiger partial charge in [0, 0.05) is 38.1 Å². The lowest BCUT2D eigenvalue weighted by atomic mass is 10.1. The number of fused-ring (bicyclic) bond motifs is 1. The molecule has 2 heterocycles. The first-order chi connectivity index (χ1) is 16.8. The fraction of sp³-hybridized carbons (Fsp3) is 0.346. The van der Waals surface area contributed by atoms with Crippen molar-refractivity contribution < 1.29 is 18.7 Å². The molecule has 1 amide bonds. The Morgan fingerprint density at radius 2 is 1.83 bits per heavy atom. The highest BCUT2D eigenvalue weighted by molar-refractivity contribution is 6.10. The summed E-state index contributed by atoms with van der Waals surface area (Å²) in [6.45, 7) is 7.19. The van der Waals surface area contributed by atoms with Crippen molar-refractivity contribution in [1.29, 1.82) is 0 Å². The van der Waals surface area contributed by atoms with E-state index in [9.17, 15) is 18.8 Å². The highest BCUT2D eigenvalue weighted by atomic mass is 19.1. The zero-order valence-electron chi connectivity index (χ0n) is 20.1. The number of piperazine rings is 1. The molecule has 9 heteroatoms. The number of halogens is 1. The van der Waals surface area contributed by atoms with Crippen molar-refractivity contribution in [3.8, 4) is 5.75 Å². The molecule has 0 atom stereocenters. The standard InChI is InChI=1S/C26H29FN4O4/c1-17(2)15-31-21-10-5-4-7-18(21)24(35-16-32)22(26(31)34)25(33)28-20-9-6-8-19(27)23(20)30-13-11-29(3)12-14-30/h4-10,16-17H,11-15H2,1-3H3,(H,28,33). The number of pyridine rings is 1. The number of hydrogen-bond donors (Lipinski definition) is 1. The summed E-state index contributed by atoms with van der Waals surface area (Å²) >= 11 is 0. The molecule has 1 aromatic heterocycles. The van der Waals surface area contributed by atoms with Crippen LogP contribution in [0.25, 0.3) is 10.9 Å². The molecule has 8 nitrogen and oxygen atoms in total. The minimum absolute atomic E-state index is 0.115. The van der Waals surface area contributed by atoms with Gasteiger partial charge in [0.15, 0.2) is 5.75 Å². The quantitative estimate of drug-likeness (QED) is 0.523. The van der Waals surface area contributed by atoms with Crippen LogP contribution in [0.1, 0.15) is 24.2 Å². The molecule has 0 radical (unpaired) electrons. The van der Waals surface area contributed by atoms with Crippen LogP contribution >= 0.6 is 0 Å². The van der Waals surface area contributed by atoms with Crippen LogP contribution < -0.4 is 20.5 Å². The van der Waals surface area contributed by atoms with Crippen LogP contribution in [0.3, 0.4) is 0 Å². The third kappa shape index (κ3) is 4.90. The van der Waals surface area contributed by atoms with Crippen molar-refractivity contribution >= 4 is 34.7 Å². The first kappa shape index (κ1) is 24.4. The number of likely N-dealkylation sites (N-methyl/N-ethyl adjacent to an activating group) is 1. The number of anilines is 2. The Kier molecular flexibility index (Phi) is 7.16. The van der Waals surface area contributed by atoms with E-state index in [4.69, 9.17) is 4.74 Å². The monoisotopic (exact) mass is 480 g/mol. The van der Waals surface area contributed by atoms with E-state index in [0.717, 1.165) is 13.1 Å². The fourth-order valence-electron chi connectivity index (χ4n) is 4.45. The number of nitrogens with zero attached hydrogens (tertiary/aromatic N) is 3. The van der Waals surface area contributed by atoms with Gasteiger partial charge in [-0.05, 0) is 37.2 Å². The summed E-state index contributed by atoms with van der Waals surface area (Å²) < 4.78 is 21.6. The van der Waals surface area contributed by atoms with Gasteiger partial charge in [-0.25, -0.2) is 4.39 Å². The van der Waals surface area contributed by atoms with Gasteiger partial charge in [-0.3, -0.25) is 14.4 Å². The molecule has 35 heavy (non-hydrogen) atoms. The lowest BCUT2D eigenvalue weighted by molar-refractivity contribution is -0.120. The Bertz CT molecular complexity index is 1310. The minimum atomic E-state index is -0.768. The second-order valence-corrected chi connectivity index (χ2v) is 9.13. The van der Waals surface area contributed by atoms with Crippen LogP contribution in [-0.2, 0) is 11.3 Å². The molecule has 0 unspecified atom stereocenters. The zero-order valence-corrected chi connectivity index (χ0v) is 20.1. The Labute approximate surface area is 202 Å². The van der Waals surface area contributed by atoms with Gasteiger partial charge in [-0.15, -0.1) is 0 Å². The molecule has 0 saturated carbocycles. The molecule has 3 aromatic rings. The average molecular weight is 481 g/mol. The molecule has 4 rings (SSSR count). The number of benzene rings is 2. The minimum Gasteiger partial charge on any atom is -0.427 e. The summed E-state index contributed by atoms with van der Waals surface area (Å²) in [5, 5.41) is 3.18. The Morgan fingerprint density at radius 3 is 2.51 bits per heavy atom. The Hall–Kier alpha value is -3.72. The molecule has 0 bridgehead atoms. The van der Waals surface area contributed by atoms with E-state index in [1.54, 1.807) is 30.3 Å². The summed E-state index contributed by atoms with van der Waals surface area (Å²) in [7, 11) is 2.00. The summed E-state index contributed by atoms with van der Waals surface area (Å²) in [4.78, 5) is 42.5. The van der Waals surface area contributed by atoms with Crippen LogP contribution in [0.15, 0.2) is 47.3 Å². The highest BCUT2D eigenvalue weighted by Gasteiger charge is 2.27. The van der Waals surface area contributed by atoms with Crippen LogP contribution in [0.2, 0.25) is 0 Å². The summed E-state index contributed by atoms with van der Waals surface area (Å²) in [5.41, 5.74) is 0.201. The van der Waals surface area contributed by atoms with Gasteiger partial charge < -0.3 is 24.4 Å². The van der Waals surface area contributed by atoms with Crippen molar-refractivity contribution in [2.45, 2.75) is 20.4 Å². The maximum absolute atomic E-state index is 14.9. The van der Waals surface area contributed by atoms with Crippen LogP contribution in [0.4, 0.5) is 15.8 Å². The van der Waals surface area contributed by atoms with Gasteiger partial charge in [-0.1, -0.05) is 32.0 Å². The SMILES string of the molecule is CC(C)Cn1c(=O)c(C(=O)Nc2cccc(F)c2N2CCN(C)CC2)c(OC=O)c2ccccc21. The number of hydrogen-bond acceptors (Lipinski definition) is 6. The molecule has 2 aromatic carbocycles. The Morgan fingerprint density at radius 1 is 1.11 bits per heavy atom. The smallest absolute Gasteiger partial charge is 0.298 e. The Balaban J connectivity index is 1.82. The summed E-state index contributed by atoms with van der Waals surface area (Å²) in [6.07, 6.45) is 0. The maximum atomic E-state index is 14.9. The third-order valence-electron chi connectivity index (χ3n) is 6.12. The number of nitrogens with one attached hydrogen (secondary N) is 1. The second-order valence-electron chi connectivity index (χ2n) is 9.13. The van der Waals surface area contributed by atoms with Crippen molar-refractivity contribution in [3.05, 3.63) is 64.2 Å². The third-order valence-corrected chi connectivity index (χ3v) is 6.12. The van der Waals surface area contributed by atoms with Gasteiger partial charge in [0.2, 0.25) is 0 Å². The van der Waals surface area contributed by atoms with E-state index < -0.39 is 17.3 Å². The lowest BCUT2D eigenvalue weighted by Gasteiger charge is -2.35. The largest absolute Gasteiger partial charge is 0.427 e. The number of ether oxygens (including phenoxy) is 1. The van der Waals surface area contributed by atoms with Crippen LogP contribution in [-0.4, -0.2) is 55.1 Å². The molecule has 1 fully saturated rings. The molecular weight excluding hydrogens is 451 g/mol. The molecule has 0 spiro atoms. The van der Waals surface area contributed by atoms with Gasteiger partial charge in [0.1, 0.15) is 11.4 Å². The molecule has 184 valence electrons. The molecule has 1 aliphatic rings. The van der Waals surface area contributed by atoms with Crippen molar-refractivity contribution in [1.82, 2.24) is 9.47 Å². The van der Waals surface area contributed by atoms with Gasteiger partial charge in [0.05, 0.1) is 16.9 Å². The predicted molar refractivity (Wildman–Crippen MR) is 134 cm³/mol. The topological polar surface area (TPSA) is 83.9 Å². The fourth-order valence-corrected chi connectivity index (χ4v) is 4.45. The van der Waals surface area contributed by atoms with E-state index in [2.05, 4.69) is 10.2 Å². The number of amides is 1. The van der Waals surface area contributed by atoms with E-state index in [1.807, 2.05) is 25.8 Å². The first-order valence-electron chi connectivity index (χ1n) is 11.6. The lowest BCUT2D eigenvalue weighted by Crippen LogP contribution is -2.45. The molecule has 0 aliphatic carbocycles. The highest BCUT2D eigenvalue weighted by Crippen LogP contribution is 2.32. The molecule has 1 aliphatic heterocycles. The number of para-hydroxylation sites is 2. The normalized spacial score (nSPS) is 14.4. The first-order valence-corrected chi connectivity index (χ1v) is 11.6. The van der Waals surface area contributed by atoms with E-state index in [0.29, 0.717) is 30.5 Å². The van der Waals surface area contributed by atoms with Crippen molar-refractivity contribution in [2.24, 2.45) is 5.92 Å². The number of carbonyl (C=O) groups excluding carboxylic acids is 2.